The summed E-state index contributed by atoms with van der Waals surface area (Å²) in [5.74, 6) is -0.122. The summed E-state index contributed by atoms with van der Waals surface area (Å²) in [6.45, 7) is 0. The van der Waals surface area contributed by atoms with E-state index in [-0.39, 0.29) is 17.4 Å². The van der Waals surface area contributed by atoms with E-state index in [2.05, 4.69) is 0 Å². The Kier molecular flexibility index (Phi) is 5.23. The molecule has 2 rings (SSSR count). The van der Waals surface area contributed by atoms with Gasteiger partial charge in [0, 0.05) is 0 Å². The van der Waals surface area contributed by atoms with Gasteiger partial charge in [0.05, 0.1) is 12.0 Å². The fraction of sp³-hybridized carbons (Fsp3) is 0.471. The molecule has 0 heterocycles. The Labute approximate surface area is 127 Å². The molecule has 0 radical (unpaired) electrons. The van der Waals surface area contributed by atoms with E-state index in [1.807, 2.05) is 0 Å². The summed E-state index contributed by atoms with van der Waals surface area (Å²) in [7, 11) is 0. The van der Waals surface area contributed by atoms with Crippen molar-refractivity contribution < 1.29 is 17.6 Å². The Hall–Kier alpha value is -1.83. The highest BCUT2D eigenvalue weighted by Gasteiger charge is 2.25. The average molecular weight is 311 g/mol. The van der Waals surface area contributed by atoms with Crippen molar-refractivity contribution in [2.75, 3.05) is 0 Å². The lowest BCUT2D eigenvalue weighted by Gasteiger charge is -2.27. The van der Waals surface area contributed by atoms with Gasteiger partial charge in [-0.3, -0.25) is 0 Å². The molecule has 5 heteroatoms. The first-order valence-electron chi connectivity index (χ1n) is 7.32. The molecule has 0 amide bonds. The van der Waals surface area contributed by atoms with Gasteiger partial charge in [-0.15, -0.1) is 0 Å². The van der Waals surface area contributed by atoms with Crippen LogP contribution in [0.1, 0.15) is 49.1 Å². The Balaban J connectivity index is 1.90. The molecule has 0 aliphatic heterocycles. The van der Waals surface area contributed by atoms with Gasteiger partial charge in [-0.1, -0.05) is 18.2 Å². The molecule has 1 aliphatic carbocycles. The maximum atomic E-state index is 13.6. The lowest BCUT2D eigenvalue weighted by atomic mass is 9.78. The summed E-state index contributed by atoms with van der Waals surface area (Å²) >= 11 is 0. The first kappa shape index (κ1) is 16.5. The maximum absolute atomic E-state index is 13.6. The predicted octanol–water partition coefficient (Wildman–Crippen LogP) is 5.48. The SMILES string of the molecule is N#Cc1ccc(C2CCC(/C=C/CC(F)(F)F)CC2)cc1F. The van der Waals surface area contributed by atoms with E-state index in [9.17, 15) is 17.6 Å². The van der Waals surface area contributed by atoms with Crippen LogP contribution < -0.4 is 0 Å². The predicted molar refractivity (Wildman–Crippen MR) is 75.6 cm³/mol. The number of alkyl halides is 3. The Morgan fingerprint density at radius 2 is 1.86 bits per heavy atom. The van der Waals surface area contributed by atoms with E-state index < -0.39 is 18.4 Å². The molecule has 0 aromatic heterocycles. The van der Waals surface area contributed by atoms with Crippen molar-refractivity contribution in [1.29, 1.82) is 5.26 Å². The fourth-order valence-corrected chi connectivity index (χ4v) is 2.92. The monoisotopic (exact) mass is 311 g/mol. The molecule has 1 saturated carbocycles. The first-order chi connectivity index (χ1) is 10.4. The van der Waals surface area contributed by atoms with Crippen molar-refractivity contribution in [3.05, 3.63) is 47.3 Å². The number of hydrogen-bond donors (Lipinski definition) is 0. The van der Waals surface area contributed by atoms with Crippen LogP contribution in [-0.4, -0.2) is 6.18 Å². The van der Waals surface area contributed by atoms with Gasteiger partial charge in [-0.25, -0.2) is 4.39 Å². The summed E-state index contributed by atoms with van der Waals surface area (Å²) in [5, 5.41) is 8.72. The van der Waals surface area contributed by atoms with Gasteiger partial charge in [-0.2, -0.15) is 18.4 Å². The molecule has 1 aromatic rings. The summed E-state index contributed by atoms with van der Waals surface area (Å²) in [6, 6.07) is 6.45. The zero-order valence-corrected chi connectivity index (χ0v) is 12.0. The molecule has 0 atom stereocenters. The van der Waals surface area contributed by atoms with E-state index >= 15 is 0 Å². The molecule has 1 nitrogen and oxygen atoms in total. The second-order valence-electron chi connectivity index (χ2n) is 5.71. The number of nitrogens with zero attached hydrogens (tertiary/aromatic N) is 1. The average Bonchev–Trinajstić information content (AvgIpc) is 2.46. The van der Waals surface area contributed by atoms with Crippen molar-refractivity contribution in [3.8, 4) is 6.07 Å². The van der Waals surface area contributed by atoms with E-state index in [4.69, 9.17) is 5.26 Å². The minimum absolute atomic E-state index is 0.0347. The summed E-state index contributed by atoms with van der Waals surface area (Å²) in [6.07, 6.45) is 1.09. The van der Waals surface area contributed by atoms with Gasteiger partial charge in [-0.05, 0) is 55.2 Å². The number of hydrogen-bond acceptors (Lipinski definition) is 1. The van der Waals surface area contributed by atoms with Crippen LogP contribution in [0.3, 0.4) is 0 Å². The minimum atomic E-state index is -4.15. The Morgan fingerprint density at radius 3 is 2.41 bits per heavy atom. The lowest BCUT2D eigenvalue weighted by Crippen LogP contribution is -2.12. The Bertz CT molecular complexity index is 575. The molecular weight excluding hydrogens is 294 g/mol. The highest BCUT2D eigenvalue weighted by molar-refractivity contribution is 5.35. The number of nitriles is 1. The summed E-state index contributed by atoms with van der Waals surface area (Å²) < 4.78 is 49.9. The summed E-state index contributed by atoms with van der Waals surface area (Å²) in [5.41, 5.74) is 0.904. The van der Waals surface area contributed by atoms with Crippen molar-refractivity contribution in [2.45, 2.75) is 44.2 Å². The van der Waals surface area contributed by atoms with Crippen LogP contribution in [0.25, 0.3) is 0 Å². The molecular formula is C17H17F4N. The zero-order chi connectivity index (χ0) is 16.2. The molecule has 0 bridgehead atoms. The van der Waals surface area contributed by atoms with Crippen molar-refractivity contribution >= 4 is 0 Å². The van der Waals surface area contributed by atoms with Crippen LogP contribution in [0.2, 0.25) is 0 Å². The molecule has 1 aromatic carbocycles. The molecule has 22 heavy (non-hydrogen) atoms. The first-order valence-corrected chi connectivity index (χ1v) is 7.32. The number of allylic oxidation sites excluding steroid dienone is 2. The van der Waals surface area contributed by atoms with Crippen molar-refractivity contribution in [3.63, 3.8) is 0 Å². The van der Waals surface area contributed by atoms with E-state index in [1.54, 1.807) is 18.2 Å². The van der Waals surface area contributed by atoms with Crippen LogP contribution in [-0.2, 0) is 0 Å². The highest BCUT2D eigenvalue weighted by atomic mass is 19.4. The standard InChI is InChI=1S/C17H17F4N/c18-16-10-14(7-8-15(16)11-22)13-5-3-12(4-6-13)2-1-9-17(19,20)21/h1-2,7-8,10,12-13H,3-6,9H2/b2-1+. The highest BCUT2D eigenvalue weighted by Crippen LogP contribution is 2.37. The number of halogens is 4. The Morgan fingerprint density at radius 1 is 1.18 bits per heavy atom. The minimum Gasteiger partial charge on any atom is -0.206 e. The maximum Gasteiger partial charge on any atom is 0.392 e. The zero-order valence-electron chi connectivity index (χ0n) is 12.0. The third-order valence-corrected chi connectivity index (χ3v) is 4.11. The van der Waals surface area contributed by atoms with Gasteiger partial charge in [0.15, 0.2) is 0 Å². The molecule has 0 N–H and O–H groups in total. The van der Waals surface area contributed by atoms with Gasteiger partial charge < -0.3 is 0 Å². The molecule has 0 saturated heterocycles. The molecule has 0 spiro atoms. The second-order valence-corrected chi connectivity index (χ2v) is 5.71. The van der Waals surface area contributed by atoms with E-state index in [1.165, 1.54) is 18.2 Å². The van der Waals surface area contributed by atoms with Gasteiger partial charge in [0.25, 0.3) is 0 Å². The van der Waals surface area contributed by atoms with Gasteiger partial charge in [0.2, 0.25) is 0 Å². The topological polar surface area (TPSA) is 23.8 Å². The largest absolute Gasteiger partial charge is 0.392 e. The normalized spacial score (nSPS) is 22.7. The van der Waals surface area contributed by atoms with Crippen LogP contribution in [0.4, 0.5) is 17.6 Å². The fourth-order valence-electron chi connectivity index (χ4n) is 2.92. The number of benzene rings is 1. The van der Waals surface area contributed by atoms with Crippen LogP contribution >= 0.6 is 0 Å². The van der Waals surface area contributed by atoms with Gasteiger partial charge in [0.1, 0.15) is 11.9 Å². The van der Waals surface area contributed by atoms with Crippen molar-refractivity contribution in [1.82, 2.24) is 0 Å². The molecule has 1 aliphatic rings. The third-order valence-electron chi connectivity index (χ3n) is 4.11. The van der Waals surface area contributed by atoms with Crippen molar-refractivity contribution in [2.24, 2.45) is 5.92 Å². The summed E-state index contributed by atoms with van der Waals surface area (Å²) in [4.78, 5) is 0. The quantitative estimate of drug-likeness (QED) is 0.535. The van der Waals surface area contributed by atoms with Crippen LogP contribution in [0, 0.1) is 23.1 Å². The van der Waals surface area contributed by atoms with Gasteiger partial charge >= 0.3 is 6.18 Å². The van der Waals surface area contributed by atoms with Crippen LogP contribution in [0.5, 0.6) is 0 Å². The third kappa shape index (κ3) is 4.59. The second kappa shape index (κ2) is 6.95. The van der Waals surface area contributed by atoms with E-state index in [0.717, 1.165) is 31.2 Å². The molecule has 1 fully saturated rings. The lowest BCUT2D eigenvalue weighted by molar-refractivity contribution is -0.125. The molecule has 118 valence electrons. The van der Waals surface area contributed by atoms with E-state index in [0.29, 0.717) is 0 Å². The smallest absolute Gasteiger partial charge is 0.206 e. The van der Waals surface area contributed by atoms with Crippen LogP contribution in [0.15, 0.2) is 30.4 Å². The number of rotatable bonds is 3. The molecule has 0 unspecified atom stereocenters.